The zero-order valence-electron chi connectivity index (χ0n) is 21.6. The maximum Gasteiger partial charge on any atom is 0.259 e. The van der Waals surface area contributed by atoms with E-state index in [0.717, 1.165) is 17.3 Å². The normalized spacial score (nSPS) is 16.5. The zero-order valence-corrected chi connectivity index (χ0v) is 22.4. The Morgan fingerprint density at radius 2 is 1.83 bits per heavy atom. The minimum Gasteiger partial charge on any atom is -0.454 e. The zero-order chi connectivity index (χ0) is 28.3. The van der Waals surface area contributed by atoms with E-state index in [2.05, 4.69) is 20.6 Å². The van der Waals surface area contributed by atoms with E-state index in [-0.39, 0.29) is 43.1 Å². The number of hydrogen-bond acceptors (Lipinski definition) is 8. The van der Waals surface area contributed by atoms with E-state index in [1.54, 1.807) is 6.07 Å². The Balaban J connectivity index is 1.08. The van der Waals surface area contributed by atoms with Crippen molar-refractivity contribution in [1.29, 1.82) is 0 Å². The van der Waals surface area contributed by atoms with Gasteiger partial charge in [0.2, 0.25) is 18.6 Å². The van der Waals surface area contributed by atoms with Crippen LogP contribution < -0.4 is 20.1 Å². The van der Waals surface area contributed by atoms with Gasteiger partial charge in [0.05, 0.1) is 11.4 Å². The molecule has 1 atom stereocenters. The van der Waals surface area contributed by atoms with Gasteiger partial charge in [-0.1, -0.05) is 30.0 Å². The van der Waals surface area contributed by atoms with Gasteiger partial charge in [-0.3, -0.25) is 19.4 Å². The van der Waals surface area contributed by atoms with Crippen molar-refractivity contribution in [3.63, 3.8) is 0 Å². The Kier molecular flexibility index (Phi) is 7.38. The number of carbonyl (C=O) groups excluding carboxylic acids is 3. The van der Waals surface area contributed by atoms with Gasteiger partial charge in [-0.05, 0) is 60.5 Å². The molecule has 0 spiro atoms. The summed E-state index contributed by atoms with van der Waals surface area (Å²) in [6.45, 7) is 0.494. The van der Waals surface area contributed by atoms with Crippen molar-refractivity contribution >= 4 is 51.9 Å². The molecule has 0 saturated carbocycles. The first-order valence-electron chi connectivity index (χ1n) is 12.9. The van der Waals surface area contributed by atoms with Gasteiger partial charge < -0.3 is 20.1 Å². The summed E-state index contributed by atoms with van der Waals surface area (Å²) in [6, 6.07) is 17.5. The number of benzene rings is 3. The van der Waals surface area contributed by atoms with Gasteiger partial charge in [0.25, 0.3) is 5.91 Å². The Hall–Kier alpha value is -4.71. The fraction of sp³-hybridized carbons (Fsp3) is 0.207. The molecule has 10 nitrogen and oxygen atoms in total. The summed E-state index contributed by atoms with van der Waals surface area (Å²) in [4.78, 5) is 49.3. The fourth-order valence-electron chi connectivity index (χ4n) is 4.56. The predicted octanol–water partition coefficient (Wildman–Crippen LogP) is 3.98. The Labute approximate surface area is 238 Å². The number of para-hydroxylation sites is 1. The van der Waals surface area contributed by atoms with Gasteiger partial charge in [-0.15, -0.1) is 0 Å². The molecule has 3 heterocycles. The summed E-state index contributed by atoms with van der Waals surface area (Å²) in [5.41, 5.74) is 2.67. The molecule has 3 aliphatic heterocycles. The third-order valence-electron chi connectivity index (χ3n) is 6.58. The van der Waals surface area contributed by atoms with E-state index >= 15 is 0 Å². The number of nitrogens with zero attached hydrogens (tertiary/aromatic N) is 3. The van der Waals surface area contributed by atoms with Gasteiger partial charge in [0, 0.05) is 24.2 Å². The molecule has 3 aromatic carbocycles. The molecule has 12 heteroatoms. The number of amidine groups is 2. The first-order valence-corrected chi connectivity index (χ1v) is 13.9. The lowest BCUT2D eigenvalue weighted by molar-refractivity contribution is -0.125. The summed E-state index contributed by atoms with van der Waals surface area (Å²) in [5.74, 6) is 0.504. The third kappa shape index (κ3) is 5.78. The van der Waals surface area contributed by atoms with Crippen LogP contribution in [0.3, 0.4) is 0 Å². The van der Waals surface area contributed by atoms with Crippen LogP contribution in [0.1, 0.15) is 24.0 Å². The number of thioether (sulfide) groups is 1. The van der Waals surface area contributed by atoms with Crippen LogP contribution in [-0.2, 0) is 20.9 Å². The fourth-order valence-corrected chi connectivity index (χ4v) is 5.36. The molecular weight excluding hydrogens is 549 g/mol. The lowest BCUT2D eigenvalue weighted by Crippen LogP contribution is -2.41. The first kappa shape index (κ1) is 26.5. The van der Waals surface area contributed by atoms with Crippen molar-refractivity contribution in [3.8, 4) is 11.5 Å². The van der Waals surface area contributed by atoms with E-state index in [1.807, 2.05) is 36.4 Å². The Bertz CT molecular complexity index is 1590. The molecule has 0 fully saturated rings. The largest absolute Gasteiger partial charge is 0.454 e. The highest BCUT2D eigenvalue weighted by molar-refractivity contribution is 8.14. The number of halogens is 1. The number of aliphatic imine (C=N–C) groups is 2. The summed E-state index contributed by atoms with van der Waals surface area (Å²) < 4.78 is 23.9. The van der Waals surface area contributed by atoms with E-state index in [0.29, 0.717) is 46.0 Å². The van der Waals surface area contributed by atoms with Crippen LogP contribution in [0.2, 0.25) is 0 Å². The topological polar surface area (TPSA) is 122 Å². The number of ether oxygens (including phenoxy) is 2. The molecule has 208 valence electrons. The van der Waals surface area contributed by atoms with Crippen molar-refractivity contribution in [3.05, 3.63) is 83.7 Å². The minimum absolute atomic E-state index is 0.0254. The van der Waals surface area contributed by atoms with Crippen LogP contribution in [0, 0.1) is 5.82 Å². The van der Waals surface area contributed by atoms with E-state index in [9.17, 15) is 18.8 Å². The van der Waals surface area contributed by atoms with Crippen LogP contribution >= 0.6 is 11.8 Å². The smallest absolute Gasteiger partial charge is 0.259 e. The van der Waals surface area contributed by atoms with Crippen molar-refractivity contribution in [1.82, 2.24) is 10.2 Å². The molecule has 3 aliphatic rings. The molecule has 0 saturated heterocycles. The lowest BCUT2D eigenvalue weighted by atomic mass is 10.1. The molecule has 0 aliphatic carbocycles. The molecule has 3 amide bonds. The van der Waals surface area contributed by atoms with Crippen LogP contribution in [0.4, 0.5) is 15.8 Å². The van der Waals surface area contributed by atoms with Gasteiger partial charge >= 0.3 is 0 Å². The van der Waals surface area contributed by atoms with E-state index in [1.165, 1.54) is 29.2 Å². The number of nitrogens with one attached hydrogen (secondary N) is 2. The van der Waals surface area contributed by atoms with Gasteiger partial charge in [-0.2, -0.15) is 0 Å². The highest BCUT2D eigenvalue weighted by atomic mass is 32.2. The van der Waals surface area contributed by atoms with Crippen LogP contribution in [0.15, 0.2) is 76.7 Å². The maximum atomic E-state index is 13.5. The Morgan fingerprint density at radius 1 is 1.02 bits per heavy atom. The molecular formula is C29H24FN5O5S. The predicted molar refractivity (Wildman–Crippen MR) is 152 cm³/mol. The second kappa shape index (κ2) is 11.4. The standard InChI is InChI=1S/C29H24FN5O5S/c30-18-6-8-19(9-7-18)32-26(37)15-41-29-34-21-4-2-1-3-20(21)27-33-22(28(38)35(27)29)10-12-25(36)31-14-17-5-11-23-24(13-17)40-16-39-23/h1-9,11,13,22H,10,12,14-16H2,(H,31,36)(H,32,37). The summed E-state index contributed by atoms with van der Waals surface area (Å²) in [7, 11) is 0. The van der Waals surface area contributed by atoms with Crippen molar-refractivity contribution in [2.75, 3.05) is 17.9 Å². The highest BCUT2D eigenvalue weighted by Crippen LogP contribution is 2.35. The molecule has 0 aromatic heterocycles. The van der Waals surface area contributed by atoms with Crippen molar-refractivity contribution in [2.45, 2.75) is 25.4 Å². The quantitative estimate of drug-likeness (QED) is 0.421. The average molecular weight is 574 g/mol. The monoisotopic (exact) mass is 573 g/mol. The van der Waals surface area contributed by atoms with Crippen molar-refractivity contribution in [2.24, 2.45) is 9.98 Å². The van der Waals surface area contributed by atoms with Gasteiger partial charge in [0.1, 0.15) is 17.7 Å². The average Bonchev–Trinajstić information content (AvgIpc) is 3.59. The molecule has 41 heavy (non-hydrogen) atoms. The molecule has 6 rings (SSSR count). The van der Waals surface area contributed by atoms with Crippen LogP contribution in [-0.4, -0.2) is 52.2 Å². The Morgan fingerprint density at radius 3 is 2.68 bits per heavy atom. The van der Waals surface area contributed by atoms with E-state index < -0.39 is 11.9 Å². The van der Waals surface area contributed by atoms with Crippen molar-refractivity contribution < 1.29 is 28.2 Å². The molecule has 0 radical (unpaired) electrons. The van der Waals surface area contributed by atoms with Crippen LogP contribution in [0.25, 0.3) is 0 Å². The molecule has 1 unspecified atom stereocenters. The van der Waals surface area contributed by atoms with Gasteiger partial charge in [0.15, 0.2) is 16.7 Å². The maximum absolute atomic E-state index is 13.5. The minimum atomic E-state index is -0.758. The molecule has 2 N–H and O–H groups in total. The van der Waals surface area contributed by atoms with Crippen LogP contribution in [0.5, 0.6) is 11.5 Å². The third-order valence-corrected chi connectivity index (χ3v) is 7.52. The highest BCUT2D eigenvalue weighted by Gasteiger charge is 2.41. The second-order valence-electron chi connectivity index (χ2n) is 9.40. The molecule has 3 aromatic rings. The number of amides is 3. The number of carbonyl (C=O) groups is 3. The SMILES string of the molecule is O=C(CCC1N=C2c3ccccc3N=C(SCC(=O)Nc3ccc(F)cc3)N2C1=O)NCc1ccc2c(c1)OCO2. The number of fused-ring (bicyclic) bond motifs is 4. The summed E-state index contributed by atoms with van der Waals surface area (Å²) >= 11 is 1.10. The first-order chi connectivity index (χ1) is 19.9. The number of hydrogen-bond donors (Lipinski definition) is 2. The summed E-state index contributed by atoms with van der Waals surface area (Å²) in [5, 5.41) is 5.90. The number of rotatable bonds is 8. The molecule has 0 bridgehead atoms. The summed E-state index contributed by atoms with van der Waals surface area (Å²) in [6.07, 6.45) is 0.323. The number of anilines is 1. The van der Waals surface area contributed by atoms with Gasteiger partial charge in [-0.25, -0.2) is 14.3 Å². The van der Waals surface area contributed by atoms with E-state index in [4.69, 9.17) is 9.47 Å². The lowest BCUT2D eigenvalue weighted by Gasteiger charge is -2.25. The second-order valence-corrected chi connectivity index (χ2v) is 10.3.